The van der Waals surface area contributed by atoms with E-state index in [1.54, 1.807) is 22.7 Å². The lowest BCUT2D eigenvalue weighted by Crippen LogP contribution is -2.20. The molecule has 0 unspecified atom stereocenters. The Morgan fingerprint density at radius 3 is 2.95 bits per heavy atom. The van der Waals surface area contributed by atoms with Gasteiger partial charge in [0.25, 0.3) is 0 Å². The summed E-state index contributed by atoms with van der Waals surface area (Å²) in [6, 6.07) is 12.3. The van der Waals surface area contributed by atoms with Crippen molar-refractivity contribution in [1.29, 1.82) is 0 Å². The summed E-state index contributed by atoms with van der Waals surface area (Å²) in [5.74, 6) is 1.06. The Morgan fingerprint density at radius 2 is 2.09 bits per heavy atom. The Hall–Kier alpha value is -3.09. The second-order valence-corrected chi connectivity index (χ2v) is 4.49. The summed E-state index contributed by atoms with van der Waals surface area (Å²) >= 11 is 0. The molecule has 112 valence electrons. The van der Waals surface area contributed by atoms with Crippen molar-refractivity contribution in [3.8, 4) is 5.75 Å². The van der Waals surface area contributed by atoms with Gasteiger partial charge >= 0.3 is 6.03 Å². The van der Waals surface area contributed by atoms with Crippen LogP contribution in [0.4, 0.5) is 16.4 Å². The number of anilines is 2. The van der Waals surface area contributed by atoms with Crippen LogP contribution < -0.4 is 15.4 Å². The normalized spacial score (nSPS) is 10.4. The third-order valence-electron chi connectivity index (χ3n) is 2.94. The van der Waals surface area contributed by atoms with Crippen LogP contribution in [0.1, 0.15) is 6.92 Å². The lowest BCUT2D eigenvalue weighted by atomic mass is 10.3. The van der Waals surface area contributed by atoms with Crippen molar-refractivity contribution < 1.29 is 9.53 Å². The number of carbonyl (C=O) groups is 1. The number of hydrogen-bond acceptors (Lipinski definition) is 4. The number of benzene rings is 1. The highest BCUT2D eigenvalue weighted by atomic mass is 16.5. The van der Waals surface area contributed by atoms with Gasteiger partial charge in [0.2, 0.25) is 5.95 Å². The van der Waals surface area contributed by atoms with Gasteiger partial charge in [-0.2, -0.15) is 0 Å². The first kappa shape index (κ1) is 13.9. The number of amides is 2. The maximum atomic E-state index is 12.0. The van der Waals surface area contributed by atoms with Gasteiger partial charge in [-0.05, 0) is 31.2 Å². The van der Waals surface area contributed by atoms with E-state index in [-0.39, 0.29) is 0 Å². The highest BCUT2D eigenvalue weighted by Crippen LogP contribution is 2.17. The molecule has 2 amide bonds. The molecule has 0 aliphatic heterocycles. The number of fused-ring (bicyclic) bond motifs is 1. The lowest BCUT2D eigenvalue weighted by Gasteiger charge is -2.08. The molecule has 0 fully saturated rings. The molecule has 22 heavy (non-hydrogen) atoms. The summed E-state index contributed by atoms with van der Waals surface area (Å²) in [7, 11) is 0. The number of nitrogens with one attached hydrogen (secondary N) is 2. The topological polar surface area (TPSA) is 80.5 Å². The second-order valence-electron chi connectivity index (χ2n) is 4.49. The molecule has 7 nitrogen and oxygen atoms in total. The molecule has 0 aliphatic rings. The van der Waals surface area contributed by atoms with Crippen LogP contribution >= 0.6 is 0 Å². The van der Waals surface area contributed by atoms with Crippen molar-refractivity contribution in [2.75, 3.05) is 17.2 Å². The minimum atomic E-state index is -0.396. The van der Waals surface area contributed by atoms with Gasteiger partial charge in [-0.3, -0.25) is 9.72 Å². The smallest absolute Gasteiger partial charge is 0.326 e. The maximum Gasteiger partial charge on any atom is 0.326 e. The number of pyridine rings is 1. The molecule has 2 heterocycles. The van der Waals surface area contributed by atoms with Crippen molar-refractivity contribution in [3.05, 3.63) is 48.7 Å². The molecule has 3 aromatic rings. The standard InChI is InChI=1S/C15H15N5O2/c1-2-22-12-7-5-6-11(10-12)16-15(21)17-14-19-18-13-8-3-4-9-20(13)14/h3-10H,2H2,1H3,(H2,16,17,19,21). The predicted octanol–water partition coefficient (Wildman–Crippen LogP) is 2.77. The van der Waals surface area contributed by atoms with E-state index in [2.05, 4.69) is 20.8 Å². The van der Waals surface area contributed by atoms with E-state index >= 15 is 0 Å². The van der Waals surface area contributed by atoms with Gasteiger partial charge in [-0.25, -0.2) is 4.79 Å². The fourth-order valence-electron chi connectivity index (χ4n) is 2.02. The first-order valence-electron chi connectivity index (χ1n) is 6.87. The molecule has 0 bridgehead atoms. The first-order chi connectivity index (χ1) is 10.8. The summed E-state index contributed by atoms with van der Waals surface area (Å²) in [6.07, 6.45) is 1.78. The molecule has 0 saturated carbocycles. The van der Waals surface area contributed by atoms with E-state index in [1.165, 1.54) is 0 Å². The van der Waals surface area contributed by atoms with Crippen LogP contribution in [0, 0.1) is 0 Å². The number of rotatable bonds is 4. The Morgan fingerprint density at radius 1 is 1.18 bits per heavy atom. The Balaban J connectivity index is 1.71. The Bertz CT molecular complexity index is 799. The van der Waals surface area contributed by atoms with Gasteiger partial charge in [0, 0.05) is 18.0 Å². The molecule has 0 radical (unpaired) electrons. The molecule has 7 heteroatoms. The number of urea groups is 1. The van der Waals surface area contributed by atoms with E-state index in [1.807, 2.05) is 37.3 Å². The monoisotopic (exact) mass is 297 g/mol. The van der Waals surface area contributed by atoms with Crippen molar-refractivity contribution in [2.45, 2.75) is 6.92 Å². The molecule has 1 aromatic carbocycles. The highest BCUT2D eigenvalue weighted by Gasteiger charge is 2.09. The quantitative estimate of drug-likeness (QED) is 0.776. The van der Waals surface area contributed by atoms with Crippen molar-refractivity contribution in [1.82, 2.24) is 14.6 Å². The number of carbonyl (C=O) groups excluding carboxylic acids is 1. The predicted molar refractivity (Wildman–Crippen MR) is 83.2 cm³/mol. The van der Waals surface area contributed by atoms with Crippen LogP contribution in [-0.4, -0.2) is 27.2 Å². The zero-order valence-corrected chi connectivity index (χ0v) is 12.0. The summed E-state index contributed by atoms with van der Waals surface area (Å²) in [6.45, 7) is 2.48. The number of ether oxygens (including phenoxy) is 1. The molecule has 0 saturated heterocycles. The van der Waals surface area contributed by atoms with E-state index in [0.717, 1.165) is 0 Å². The van der Waals surface area contributed by atoms with Gasteiger partial charge in [-0.15, -0.1) is 10.2 Å². The van der Waals surface area contributed by atoms with E-state index in [4.69, 9.17) is 4.74 Å². The van der Waals surface area contributed by atoms with Crippen LogP contribution in [0.5, 0.6) is 5.75 Å². The zero-order valence-electron chi connectivity index (χ0n) is 12.0. The maximum absolute atomic E-state index is 12.0. The van der Waals surface area contributed by atoms with Gasteiger partial charge in [0.15, 0.2) is 5.65 Å². The molecule has 0 atom stereocenters. The van der Waals surface area contributed by atoms with Gasteiger partial charge < -0.3 is 10.1 Å². The average molecular weight is 297 g/mol. The average Bonchev–Trinajstić information content (AvgIpc) is 2.91. The van der Waals surface area contributed by atoms with Crippen LogP contribution in [0.25, 0.3) is 5.65 Å². The van der Waals surface area contributed by atoms with Crippen molar-refractivity contribution in [2.24, 2.45) is 0 Å². The van der Waals surface area contributed by atoms with Crippen molar-refractivity contribution >= 4 is 23.3 Å². The van der Waals surface area contributed by atoms with Crippen LogP contribution in [0.15, 0.2) is 48.7 Å². The third kappa shape index (κ3) is 2.98. The molecule has 0 aliphatic carbocycles. The third-order valence-corrected chi connectivity index (χ3v) is 2.94. The highest BCUT2D eigenvalue weighted by molar-refractivity contribution is 5.98. The van der Waals surface area contributed by atoms with Gasteiger partial charge in [0.1, 0.15) is 5.75 Å². The number of hydrogen-bond donors (Lipinski definition) is 2. The van der Waals surface area contributed by atoms with Crippen LogP contribution in [-0.2, 0) is 0 Å². The number of nitrogens with zero attached hydrogens (tertiary/aromatic N) is 3. The minimum absolute atomic E-state index is 0.356. The Labute approximate surface area is 126 Å². The summed E-state index contributed by atoms with van der Waals surface area (Å²) in [4.78, 5) is 12.0. The van der Waals surface area contributed by atoms with E-state index in [0.29, 0.717) is 29.6 Å². The molecular formula is C15H15N5O2. The van der Waals surface area contributed by atoms with Crippen LogP contribution in [0.3, 0.4) is 0 Å². The molecule has 0 spiro atoms. The van der Waals surface area contributed by atoms with Crippen LogP contribution in [0.2, 0.25) is 0 Å². The van der Waals surface area contributed by atoms with E-state index in [9.17, 15) is 4.79 Å². The molecule has 3 rings (SSSR count). The zero-order chi connectivity index (χ0) is 15.4. The van der Waals surface area contributed by atoms with Crippen molar-refractivity contribution in [3.63, 3.8) is 0 Å². The molecular weight excluding hydrogens is 282 g/mol. The van der Waals surface area contributed by atoms with Gasteiger partial charge in [-0.1, -0.05) is 12.1 Å². The van der Waals surface area contributed by atoms with Gasteiger partial charge in [0.05, 0.1) is 6.61 Å². The van der Waals surface area contributed by atoms with E-state index < -0.39 is 6.03 Å². The molecule has 2 aromatic heterocycles. The molecule has 2 N–H and O–H groups in total. The summed E-state index contributed by atoms with van der Waals surface area (Å²) < 4.78 is 7.08. The Kier molecular flexibility index (Phi) is 3.86. The summed E-state index contributed by atoms with van der Waals surface area (Å²) in [5.41, 5.74) is 1.30. The fourth-order valence-corrected chi connectivity index (χ4v) is 2.02. The second kappa shape index (κ2) is 6.13. The fraction of sp³-hybridized carbons (Fsp3) is 0.133. The SMILES string of the molecule is CCOc1cccc(NC(=O)Nc2nnc3ccccn23)c1. The largest absolute Gasteiger partial charge is 0.494 e. The first-order valence-corrected chi connectivity index (χ1v) is 6.87. The number of aromatic nitrogens is 3. The minimum Gasteiger partial charge on any atom is -0.494 e. The summed E-state index contributed by atoms with van der Waals surface area (Å²) in [5, 5.41) is 13.3. The lowest BCUT2D eigenvalue weighted by molar-refractivity contribution is 0.262.